The van der Waals surface area contributed by atoms with E-state index < -0.39 is 0 Å². The number of fused-ring (bicyclic) bond motifs is 3. The predicted octanol–water partition coefficient (Wildman–Crippen LogP) is 11.7. The summed E-state index contributed by atoms with van der Waals surface area (Å²) in [5.41, 5.74) is 12.8. The van der Waals surface area contributed by atoms with Crippen molar-refractivity contribution in [2.45, 2.75) is 80.1 Å². The van der Waals surface area contributed by atoms with E-state index in [1.807, 2.05) is 41.2 Å². The monoisotopic (exact) mass is 839 g/mol. The topological polar surface area (TPSA) is 44.9 Å². The molecule has 5 nitrogen and oxygen atoms in total. The van der Waals surface area contributed by atoms with Crippen molar-refractivity contribution in [3.63, 3.8) is 0 Å². The van der Waals surface area contributed by atoms with Gasteiger partial charge in [0.05, 0.1) is 5.69 Å². The number of para-hydroxylation sites is 1. The van der Waals surface area contributed by atoms with Crippen molar-refractivity contribution < 1.29 is 25.8 Å². The Kier molecular flexibility index (Phi) is 9.93. The first kappa shape index (κ1) is 35.4. The fourth-order valence-corrected chi connectivity index (χ4v) is 7.04. The Morgan fingerprint density at radius 1 is 0.680 bits per heavy atom. The summed E-state index contributed by atoms with van der Waals surface area (Å²) >= 11 is 0. The second-order valence-corrected chi connectivity index (χ2v) is 14.1. The molecule has 6 heteroatoms. The third-order valence-corrected chi connectivity index (χ3v) is 9.56. The number of rotatable bonds is 8. The fraction of sp³-hybridized carbons (Fsp3) is 0.273. The average molecular weight is 840 g/mol. The predicted molar refractivity (Wildman–Crippen MR) is 202 cm³/mol. The molecule has 50 heavy (non-hydrogen) atoms. The third-order valence-electron chi connectivity index (χ3n) is 9.56. The first-order valence-corrected chi connectivity index (χ1v) is 17.3. The van der Waals surface area contributed by atoms with Crippen LogP contribution < -0.4 is 4.74 Å². The standard InChI is InChI=1S/C44H44N4O.Pt/c1-26(2)32-22-38(27(3)4)44(39(23-32)28(5)6)43-30(8)46-48(31(43)9)33-13-12-14-34(24-33)49-35-17-18-37-36-15-10-11-16-40(36)47(41(37)25-35)42-21-29(7)19-20-45-42;/h10-23,26-28H,1-9H3;/q-2;+2. The molecule has 0 bridgehead atoms. The van der Waals surface area contributed by atoms with E-state index in [1.54, 1.807) is 0 Å². The van der Waals surface area contributed by atoms with Gasteiger partial charge in [-0.1, -0.05) is 77.4 Å². The molecule has 0 spiro atoms. The molecule has 3 aromatic heterocycles. The Hall–Kier alpha value is -4.47. The van der Waals surface area contributed by atoms with Gasteiger partial charge in [-0.3, -0.25) is 4.68 Å². The zero-order valence-corrected chi connectivity index (χ0v) is 32.6. The molecule has 0 amide bonds. The van der Waals surface area contributed by atoms with Gasteiger partial charge in [0.1, 0.15) is 5.82 Å². The molecule has 4 aromatic carbocycles. The maximum absolute atomic E-state index is 6.47. The van der Waals surface area contributed by atoms with Gasteiger partial charge in [0, 0.05) is 34.5 Å². The molecule has 0 saturated heterocycles. The fourth-order valence-electron chi connectivity index (χ4n) is 7.04. The van der Waals surface area contributed by atoms with Gasteiger partial charge in [0.25, 0.3) is 0 Å². The summed E-state index contributed by atoms with van der Waals surface area (Å²) in [6, 6.07) is 34.5. The first-order chi connectivity index (χ1) is 23.5. The summed E-state index contributed by atoms with van der Waals surface area (Å²) in [5, 5.41) is 7.34. The van der Waals surface area contributed by atoms with Crippen LogP contribution >= 0.6 is 0 Å². The van der Waals surface area contributed by atoms with Crippen LogP contribution in [0.15, 0.2) is 85.1 Å². The minimum atomic E-state index is 0. The zero-order valence-electron chi connectivity index (χ0n) is 30.3. The molecule has 7 aromatic rings. The van der Waals surface area contributed by atoms with Gasteiger partial charge in [0.15, 0.2) is 0 Å². The number of aryl methyl sites for hydroxylation is 2. The molecular formula is C44H44N4OPt. The van der Waals surface area contributed by atoms with Crippen molar-refractivity contribution in [2.24, 2.45) is 0 Å². The Labute approximate surface area is 310 Å². The minimum absolute atomic E-state index is 0. The molecule has 7 rings (SSSR count). The molecule has 0 aliphatic heterocycles. The maximum Gasteiger partial charge on any atom is 2.00 e. The van der Waals surface area contributed by atoms with Crippen LogP contribution in [-0.4, -0.2) is 19.3 Å². The van der Waals surface area contributed by atoms with Crippen LogP contribution in [0.25, 0.3) is 44.4 Å². The number of benzene rings is 4. The summed E-state index contributed by atoms with van der Waals surface area (Å²) in [7, 11) is 0. The summed E-state index contributed by atoms with van der Waals surface area (Å²) in [4.78, 5) is 4.71. The largest absolute Gasteiger partial charge is 2.00 e. The van der Waals surface area contributed by atoms with E-state index in [9.17, 15) is 0 Å². The number of aromatic nitrogens is 4. The molecule has 256 valence electrons. The van der Waals surface area contributed by atoms with Crippen molar-refractivity contribution in [3.05, 3.63) is 131 Å². The van der Waals surface area contributed by atoms with E-state index in [4.69, 9.17) is 14.8 Å². The van der Waals surface area contributed by atoms with Gasteiger partial charge in [-0.2, -0.15) is 17.2 Å². The van der Waals surface area contributed by atoms with E-state index in [0.29, 0.717) is 29.3 Å². The Morgan fingerprint density at radius 2 is 1.38 bits per heavy atom. The Morgan fingerprint density at radius 3 is 2.06 bits per heavy atom. The van der Waals surface area contributed by atoms with Crippen LogP contribution in [0.5, 0.6) is 11.5 Å². The second kappa shape index (κ2) is 14.0. The summed E-state index contributed by atoms with van der Waals surface area (Å²) in [6.45, 7) is 20.1. The first-order valence-electron chi connectivity index (χ1n) is 17.3. The van der Waals surface area contributed by atoms with Crippen LogP contribution in [0, 0.1) is 32.9 Å². The summed E-state index contributed by atoms with van der Waals surface area (Å²) < 4.78 is 10.6. The molecule has 0 N–H and O–H groups in total. The van der Waals surface area contributed by atoms with Gasteiger partial charge >= 0.3 is 21.1 Å². The third kappa shape index (κ3) is 6.33. The van der Waals surface area contributed by atoms with Gasteiger partial charge < -0.3 is 9.30 Å². The van der Waals surface area contributed by atoms with Crippen molar-refractivity contribution >= 4 is 21.8 Å². The molecule has 0 fully saturated rings. The van der Waals surface area contributed by atoms with Crippen LogP contribution in [0.3, 0.4) is 0 Å². The average Bonchev–Trinajstić information content (AvgIpc) is 3.56. The van der Waals surface area contributed by atoms with Crippen molar-refractivity contribution in [1.82, 2.24) is 19.3 Å². The minimum Gasteiger partial charge on any atom is -0.509 e. The van der Waals surface area contributed by atoms with Crippen molar-refractivity contribution in [3.8, 4) is 34.1 Å². The van der Waals surface area contributed by atoms with Crippen molar-refractivity contribution in [2.75, 3.05) is 0 Å². The van der Waals surface area contributed by atoms with Crippen LogP contribution in [-0.2, 0) is 21.1 Å². The maximum atomic E-state index is 6.47. The second-order valence-electron chi connectivity index (χ2n) is 14.1. The van der Waals surface area contributed by atoms with E-state index in [-0.39, 0.29) is 21.1 Å². The quantitative estimate of drug-likeness (QED) is 0.143. The Bertz CT molecular complexity index is 2310. The van der Waals surface area contributed by atoms with Gasteiger partial charge in [-0.05, 0) is 95.6 Å². The number of ether oxygens (including phenoxy) is 1. The van der Waals surface area contributed by atoms with Crippen molar-refractivity contribution in [1.29, 1.82) is 0 Å². The molecule has 3 heterocycles. The van der Waals surface area contributed by atoms with Crippen LogP contribution in [0.1, 0.15) is 92.9 Å². The Balaban J connectivity index is 0.00000432. The number of nitrogens with zero attached hydrogens (tertiary/aromatic N) is 4. The van der Waals surface area contributed by atoms with Gasteiger partial charge in [-0.25, -0.2) is 4.98 Å². The molecule has 0 aliphatic carbocycles. The molecule has 0 atom stereocenters. The number of hydrogen-bond acceptors (Lipinski definition) is 3. The van der Waals surface area contributed by atoms with E-state index in [1.165, 1.54) is 27.8 Å². The van der Waals surface area contributed by atoms with E-state index >= 15 is 0 Å². The molecular weight excluding hydrogens is 796 g/mol. The van der Waals surface area contributed by atoms with Gasteiger partial charge in [0.2, 0.25) is 0 Å². The number of pyridine rings is 1. The summed E-state index contributed by atoms with van der Waals surface area (Å²) in [6.07, 6.45) is 1.85. The SMILES string of the molecule is Cc1ccnc(-n2c3[c-]c(Oc4[c-]c(-n5nc(C)c(-c6c(C(C)C)cc(C(C)C)cc6C(C)C)c5C)ccc4)ccc3c3ccccc32)c1.[Pt+2]. The molecule has 0 radical (unpaired) electrons. The summed E-state index contributed by atoms with van der Waals surface area (Å²) in [5.74, 6) is 3.29. The van der Waals surface area contributed by atoms with Gasteiger partial charge in [-0.15, -0.1) is 35.7 Å². The number of hydrogen-bond donors (Lipinski definition) is 0. The molecule has 0 saturated carbocycles. The smallest absolute Gasteiger partial charge is 0.509 e. The molecule has 0 unspecified atom stereocenters. The van der Waals surface area contributed by atoms with E-state index in [2.05, 4.69) is 128 Å². The van der Waals surface area contributed by atoms with E-state index in [0.717, 1.165) is 50.3 Å². The van der Waals surface area contributed by atoms with Crippen LogP contribution in [0.2, 0.25) is 0 Å². The zero-order chi connectivity index (χ0) is 34.6. The van der Waals surface area contributed by atoms with Crippen LogP contribution in [0.4, 0.5) is 0 Å². The molecule has 0 aliphatic rings. The normalized spacial score (nSPS) is 11.7.